The fourth-order valence-electron chi connectivity index (χ4n) is 5.62. The van der Waals surface area contributed by atoms with Crippen LogP contribution in [0, 0.1) is 6.92 Å². The Morgan fingerprint density at radius 1 is 1.13 bits per heavy atom. The van der Waals surface area contributed by atoms with E-state index < -0.39 is 17.7 Å². The monoisotopic (exact) mass is 546 g/mol. The molecule has 39 heavy (non-hydrogen) atoms. The van der Waals surface area contributed by atoms with E-state index in [9.17, 15) is 14.7 Å². The zero-order chi connectivity index (χ0) is 27.1. The van der Waals surface area contributed by atoms with Crippen LogP contribution < -0.4 is 4.74 Å². The number of aryl methyl sites for hydroxylation is 1. The third-order valence-electron chi connectivity index (χ3n) is 7.55. The van der Waals surface area contributed by atoms with Crippen molar-refractivity contribution in [3.8, 4) is 5.75 Å². The number of hydrogen-bond donors (Lipinski definition) is 1. The van der Waals surface area contributed by atoms with Crippen LogP contribution >= 0.6 is 11.3 Å². The van der Waals surface area contributed by atoms with Crippen LogP contribution in [0.25, 0.3) is 16.0 Å². The molecule has 0 bridgehead atoms. The molecule has 6 rings (SSSR count). The molecule has 2 aliphatic heterocycles. The van der Waals surface area contributed by atoms with Gasteiger partial charge in [0.25, 0.3) is 5.91 Å². The average molecular weight is 547 g/mol. The molecule has 1 atom stereocenters. The molecule has 1 fully saturated rings. The number of aromatic nitrogens is 2. The van der Waals surface area contributed by atoms with Crippen molar-refractivity contribution >= 4 is 39.0 Å². The summed E-state index contributed by atoms with van der Waals surface area (Å²) in [6, 6.07) is 14.3. The van der Waals surface area contributed by atoms with Gasteiger partial charge in [0.05, 0.1) is 47.8 Å². The maximum absolute atomic E-state index is 14.2. The minimum Gasteiger partial charge on any atom is -0.503 e. The summed E-state index contributed by atoms with van der Waals surface area (Å²) >= 11 is 1.27. The SMILES string of the molecule is COc1ccccc1C1C(C(=O)c2sc3nc4ccccc4n3c2C)=C(O)C(=O)N1CCCN1CCOCC1. The van der Waals surface area contributed by atoms with E-state index in [2.05, 4.69) is 9.88 Å². The highest BCUT2D eigenvalue weighted by Gasteiger charge is 2.45. The third-order valence-corrected chi connectivity index (χ3v) is 8.69. The Morgan fingerprint density at radius 3 is 2.67 bits per heavy atom. The molecule has 0 saturated carbocycles. The summed E-state index contributed by atoms with van der Waals surface area (Å²) in [4.78, 5) is 37.4. The molecule has 0 radical (unpaired) electrons. The number of fused-ring (bicyclic) bond motifs is 3. The van der Waals surface area contributed by atoms with Gasteiger partial charge < -0.3 is 19.5 Å². The number of para-hydroxylation sites is 3. The molecule has 0 spiro atoms. The van der Waals surface area contributed by atoms with E-state index in [4.69, 9.17) is 9.47 Å². The molecule has 1 N–H and O–H groups in total. The van der Waals surface area contributed by atoms with Crippen LogP contribution in [0.1, 0.15) is 33.4 Å². The number of benzene rings is 2. The molecule has 0 aliphatic carbocycles. The summed E-state index contributed by atoms with van der Waals surface area (Å²) in [6.45, 7) is 6.16. The van der Waals surface area contributed by atoms with Gasteiger partial charge in [0, 0.05) is 37.4 Å². The van der Waals surface area contributed by atoms with Gasteiger partial charge in [0.2, 0.25) is 5.78 Å². The van der Waals surface area contributed by atoms with E-state index in [-0.39, 0.29) is 11.4 Å². The Labute approximate surface area is 229 Å². The lowest BCUT2D eigenvalue weighted by atomic mass is 9.94. The fraction of sp³-hybridized carbons (Fsp3) is 0.345. The van der Waals surface area contributed by atoms with Crippen LogP contribution in [-0.2, 0) is 9.53 Å². The number of morpholine rings is 1. The van der Waals surface area contributed by atoms with Gasteiger partial charge in [-0.1, -0.05) is 41.7 Å². The molecule has 1 amide bonds. The molecule has 1 unspecified atom stereocenters. The van der Waals surface area contributed by atoms with Crippen molar-refractivity contribution in [2.45, 2.75) is 19.4 Å². The molecule has 1 saturated heterocycles. The Hall–Kier alpha value is -3.73. The molecule has 10 heteroatoms. The molecule has 2 aliphatic rings. The van der Waals surface area contributed by atoms with E-state index in [1.807, 2.05) is 53.8 Å². The standard InChI is InChI=1S/C29H30N4O5S/c1-18-27(39-29-30-20-9-4-5-10-21(20)33(18)29)25(34)23-24(19-8-3-6-11-22(19)37-2)32(28(36)26(23)35)13-7-12-31-14-16-38-17-15-31/h3-6,8-11,24,35H,7,12-17H2,1-2H3. The Kier molecular flexibility index (Phi) is 6.84. The Balaban J connectivity index is 1.38. The number of hydrogen-bond acceptors (Lipinski definition) is 8. The number of rotatable bonds is 8. The number of Topliss-reactive ketones (excluding diaryl/α,β-unsaturated/α-hetero) is 1. The van der Waals surface area contributed by atoms with E-state index in [0.29, 0.717) is 47.3 Å². The molecule has 9 nitrogen and oxygen atoms in total. The number of carbonyl (C=O) groups excluding carboxylic acids is 2. The highest BCUT2D eigenvalue weighted by atomic mass is 32.1. The van der Waals surface area contributed by atoms with Crippen LogP contribution in [0.2, 0.25) is 0 Å². The normalized spacial score (nSPS) is 18.6. The number of carbonyl (C=O) groups is 2. The second-order valence-corrected chi connectivity index (χ2v) is 10.8. The molecule has 4 heterocycles. The first kappa shape index (κ1) is 25.5. The molecular formula is C29H30N4O5S. The van der Waals surface area contributed by atoms with Crippen molar-refractivity contribution in [3.05, 3.63) is 76.0 Å². The van der Waals surface area contributed by atoms with Gasteiger partial charge in [-0.15, -0.1) is 0 Å². The smallest absolute Gasteiger partial charge is 0.290 e. The van der Waals surface area contributed by atoms with Gasteiger partial charge in [-0.25, -0.2) is 4.98 Å². The number of nitrogens with zero attached hydrogens (tertiary/aromatic N) is 4. The minimum absolute atomic E-state index is 0.0766. The third kappa shape index (κ3) is 4.38. The van der Waals surface area contributed by atoms with Crippen molar-refractivity contribution in [3.63, 3.8) is 0 Å². The van der Waals surface area contributed by atoms with Gasteiger partial charge in [-0.05, 0) is 31.5 Å². The van der Waals surface area contributed by atoms with E-state index in [1.165, 1.54) is 11.3 Å². The number of aliphatic hydroxyl groups excluding tert-OH is 1. The molecule has 2 aromatic carbocycles. The van der Waals surface area contributed by atoms with Crippen LogP contribution in [0.15, 0.2) is 59.9 Å². The van der Waals surface area contributed by atoms with Crippen molar-refractivity contribution in [2.24, 2.45) is 0 Å². The quantitative estimate of drug-likeness (QED) is 0.332. The first-order chi connectivity index (χ1) is 19.0. The first-order valence-corrected chi connectivity index (χ1v) is 13.9. The number of ether oxygens (including phenoxy) is 2. The molecule has 2 aromatic heterocycles. The van der Waals surface area contributed by atoms with Crippen LogP contribution in [0.3, 0.4) is 0 Å². The van der Waals surface area contributed by atoms with E-state index in [1.54, 1.807) is 18.1 Å². The number of methoxy groups -OCH3 is 1. The van der Waals surface area contributed by atoms with Gasteiger partial charge >= 0.3 is 0 Å². The van der Waals surface area contributed by atoms with Gasteiger partial charge in [-0.3, -0.25) is 18.9 Å². The van der Waals surface area contributed by atoms with Gasteiger partial charge in [-0.2, -0.15) is 0 Å². The minimum atomic E-state index is -0.767. The van der Waals surface area contributed by atoms with Crippen LogP contribution in [-0.4, -0.2) is 82.5 Å². The number of thiazole rings is 1. The first-order valence-electron chi connectivity index (χ1n) is 13.1. The second kappa shape index (κ2) is 10.4. The number of aliphatic hydroxyl groups is 1. The zero-order valence-corrected chi connectivity index (χ0v) is 22.7. The van der Waals surface area contributed by atoms with Crippen LogP contribution in [0.5, 0.6) is 5.75 Å². The highest BCUT2D eigenvalue weighted by Crippen LogP contribution is 2.43. The Bertz CT molecular complexity index is 1600. The summed E-state index contributed by atoms with van der Waals surface area (Å²) in [5.41, 5.74) is 3.23. The van der Waals surface area contributed by atoms with Crippen molar-refractivity contribution in [1.29, 1.82) is 0 Å². The van der Waals surface area contributed by atoms with Crippen molar-refractivity contribution < 1.29 is 24.2 Å². The number of ketones is 1. The van der Waals surface area contributed by atoms with Gasteiger partial charge in [0.1, 0.15) is 5.75 Å². The largest absolute Gasteiger partial charge is 0.503 e. The number of imidazole rings is 1. The second-order valence-electron chi connectivity index (χ2n) is 9.78. The zero-order valence-electron chi connectivity index (χ0n) is 21.9. The lowest BCUT2D eigenvalue weighted by molar-refractivity contribution is -0.129. The summed E-state index contributed by atoms with van der Waals surface area (Å²) in [7, 11) is 1.56. The summed E-state index contributed by atoms with van der Waals surface area (Å²) < 4.78 is 13.0. The maximum Gasteiger partial charge on any atom is 0.290 e. The van der Waals surface area contributed by atoms with Crippen LogP contribution in [0.4, 0.5) is 0 Å². The van der Waals surface area contributed by atoms with Crippen molar-refractivity contribution in [2.75, 3.05) is 46.5 Å². The maximum atomic E-state index is 14.2. The molecule has 202 valence electrons. The summed E-state index contributed by atoms with van der Waals surface area (Å²) in [5, 5.41) is 11.2. The molecule has 4 aromatic rings. The summed E-state index contributed by atoms with van der Waals surface area (Å²) in [5.74, 6) is -0.861. The Morgan fingerprint density at radius 2 is 1.87 bits per heavy atom. The lowest BCUT2D eigenvalue weighted by Gasteiger charge is -2.30. The number of amides is 1. The van der Waals surface area contributed by atoms with Crippen molar-refractivity contribution in [1.82, 2.24) is 19.2 Å². The topological polar surface area (TPSA) is 96.6 Å². The summed E-state index contributed by atoms with van der Waals surface area (Å²) in [6.07, 6.45) is 0.698. The predicted octanol–water partition coefficient (Wildman–Crippen LogP) is 4.17. The highest BCUT2D eigenvalue weighted by molar-refractivity contribution is 7.19. The van der Waals surface area contributed by atoms with E-state index >= 15 is 0 Å². The fourth-order valence-corrected chi connectivity index (χ4v) is 6.71. The lowest BCUT2D eigenvalue weighted by Crippen LogP contribution is -2.39. The predicted molar refractivity (Wildman–Crippen MR) is 149 cm³/mol. The molecular weight excluding hydrogens is 516 g/mol. The average Bonchev–Trinajstić information content (AvgIpc) is 3.57. The van der Waals surface area contributed by atoms with E-state index in [0.717, 1.165) is 36.4 Å². The van der Waals surface area contributed by atoms with Gasteiger partial charge in [0.15, 0.2) is 10.7 Å².